The van der Waals surface area contributed by atoms with Crippen molar-refractivity contribution in [3.05, 3.63) is 53.8 Å². The van der Waals surface area contributed by atoms with Crippen molar-refractivity contribution >= 4 is 5.84 Å². The minimum atomic E-state index is -0.380. The molecule has 1 atom stereocenters. The van der Waals surface area contributed by atoms with Crippen molar-refractivity contribution in [1.82, 2.24) is 4.90 Å². The van der Waals surface area contributed by atoms with Crippen molar-refractivity contribution in [1.29, 1.82) is 0 Å². The molecular weight excluding hydrogens is 376 g/mol. The molecule has 1 aromatic carbocycles. The van der Waals surface area contributed by atoms with Crippen LogP contribution in [0.3, 0.4) is 0 Å². The summed E-state index contributed by atoms with van der Waals surface area (Å²) in [7, 11) is 0. The topological polar surface area (TPSA) is 43.3 Å². The number of aliphatic imine (C=N–C) groups is 1. The molecule has 0 saturated carbocycles. The van der Waals surface area contributed by atoms with E-state index in [0.717, 1.165) is 48.2 Å². The van der Waals surface area contributed by atoms with Crippen LogP contribution in [0.15, 0.2) is 53.2 Å². The molecule has 5 rings (SSSR count). The van der Waals surface area contributed by atoms with Gasteiger partial charge in [0.1, 0.15) is 36.8 Å². The fraction of sp³-hybridized carbons (Fsp3) is 0.480. The number of allylic oxidation sites excluding steroid dienone is 4. The summed E-state index contributed by atoms with van der Waals surface area (Å²) >= 11 is 0. The van der Waals surface area contributed by atoms with E-state index in [1.807, 2.05) is 39.8 Å². The Morgan fingerprint density at radius 3 is 2.40 bits per heavy atom. The second-order valence-corrected chi connectivity index (χ2v) is 6.89. The number of hydrogen-bond donors (Lipinski definition) is 0. The zero-order valence-corrected chi connectivity index (χ0v) is 19.0. The number of benzene rings is 1. The Labute approximate surface area is 180 Å². The van der Waals surface area contributed by atoms with E-state index in [1.165, 1.54) is 11.3 Å². The Hall–Kier alpha value is -2.69. The van der Waals surface area contributed by atoms with Crippen LogP contribution in [0.25, 0.3) is 0 Å². The molecule has 162 valence electrons. The fourth-order valence-electron chi connectivity index (χ4n) is 4.57. The molecule has 1 spiro atoms. The van der Waals surface area contributed by atoms with Gasteiger partial charge in [-0.1, -0.05) is 46.4 Å². The van der Waals surface area contributed by atoms with E-state index in [1.54, 1.807) is 0 Å². The second-order valence-electron chi connectivity index (χ2n) is 6.89. The summed E-state index contributed by atoms with van der Waals surface area (Å²) in [6.07, 6.45) is 7.18. The summed E-state index contributed by atoms with van der Waals surface area (Å²) in [6.45, 7) is 17.5. The monoisotopic (exact) mass is 410 g/mol. The third-order valence-electron chi connectivity index (χ3n) is 5.58. The maximum absolute atomic E-state index is 6.17. The quantitative estimate of drug-likeness (QED) is 0.632. The van der Waals surface area contributed by atoms with Gasteiger partial charge in [0.2, 0.25) is 0 Å². The molecule has 4 heterocycles. The number of ether oxygens (including phenoxy) is 3. The lowest BCUT2D eigenvalue weighted by Gasteiger charge is -2.29. The van der Waals surface area contributed by atoms with Crippen LogP contribution in [0.4, 0.5) is 0 Å². The third kappa shape index (κ3) is 3.21. The Morgan fingerprint density at radius 2 is 1.73 bits per heavy atom. The highest BCUT2D eigenvalue weighted by Gasteiger charge is 2.57. The molecule has 0 bridgehead atoms. The molecule has 4 aliphatic heterocycles. The minimum absolute atomic E-state index is 0.380. The molecule has 30 heavy (non-hydrogen) atoms. The van der Waals surface area contributed by atoms with Crippen LogP contribution in [0, 0.1) is 0 Å². The van der Waals surface area contributed by atoms with Crippen molar-refractivity contribution in [3.8, 4) is 17.2 Å². The standard InChI is InChI=1S/C21H22N2O3.2C2H6/c1-3-6-16-14(4-2)21(20-22-7-5-8-23(16)20)13-26-17-12-19-18(11-15(17)21)24-9-10-25-19;2*1-2/h3-4,6,11-12H,1,5,7-10,13H2,2H3;2*1-2H3/b14-4+,16-6+;;. The van der Waals surface area contributed by atoms with Gasteiger partial charge in [0, 0.05) is 30.4 Å². The van der Waals surface area contributed by atoms with E-state index in [9.17, 15) is 0 Å². The highest BCUT2D eigenvalue weighted by atomic mass is 16.6. The number of hydrogen-bond acceptors (Lipinski definition) is 5. The lowest BCUT2D eigenvalue weighted by Crippen LogP contribution is -2.42. The Kier molecular flexibility index (Phi) is 6.91. The second kappa shape index (κ2) is 9.41. The molecule has 1 unspecified atom stereocenters. The first-order valence-electron chi connectivity index (χ1n) is 11.2. The van der Waals surface area contributed by atoms with Gasteiger partial charge in [-0.25, -0.2) is 0 Å². The predicted molar refractivity (Wildman–Crippen MR) is 123 cm³/mol. The van der Waals surface area contributed by atoms with Gasteiger partial charge in [0.25, 0.3) is 0 Å². The molecular formula is C25H34N2O3. The summed E-state index contributed by atoms with van der Waals surface area (Å²) in [4.78, 5) is 7.27. The van der Waals surface area contributed by atoms with Gasteiger partial charge in [-0.3, -0.25) is 4.99 Å². The van der Waals surface area contributed by atoms with Crippen molar-refractivity contribution in [2.75, 3.05) is 32.9 Å². The van der Waals surface area contributed by atoms with Crippen molar-refractivity contribution in [2.24, 2.45) is 4.99 Å². The number of nitrogens with zero attached hydrogens (tertiary/aromatic N) is 2. The SMILES string of the molecule is C=C/C=C1\C(=C/C)C2(COc3cc4c(cc32)OCCO4)C2=NCCCN21.CC.CC. The van der Waals surface area contributed by atoms with E-state index < -0.39 is 0 Å². The maximum atomic E-state index is 6.17. The normalized spacial score (nSPS) is 25.4. The molecule has 1 saturated heterocycles. The highest BCUT2D eigenvalue weighted by molar-refractivity contribution is 6.05. The Bertz CT molecular complexity index is 885. The number of fused-ring (bicyclic) bond motifs is 5. The molecule has 0 N–H and O–H groups in total. The van der Waals surface area contributed by atoms with Crippen molar-refractivity contribution in [3.63, 3.8) is 0 Å². The molecule has 5 nitrogen and oxygen atoms in total. The van der Waals surface area contributed by atoms with E-state index >= 15 is 0 Å². The molecule has 0 aromatic heterocycles. The van der Waals surface area contributed by atoms with Crippen LogP contribution >= 0.6 is 0 Å². The Balaban J connectivity index is 0.000000606. The molecule has 0 aliphatic carbocycles. The van der Waals surface area contributed by atoms with Crippen molar-refractivity contribution in [2.45, 2.75) is 46.5 Å². The lowest BCUT2D eigenvalue weighted by molar-refractivity contribution is 0.171. The van der Waals surface area contributed by atoms with Gasteiger partial charge in [-0.05, 0) is 31.1 Å². The van der Waals surface area contributed by atoms with Gasteiger partial charge >= 0.3 is 0 Å². The van der Waals surface area contributed by atoms with Crippen LogP contribution in [0.5, 0.6) is 17.2 Å². The number of rotatable bonds is 1. The van der Waals surface area contributed by atoms with Crippen molar-refractivity contribution < 1.29 is 14.2 Å². The van der Waals surface area contributed by atoms with Gasteiger partial charge in [0.15, 0.2) is 11.5 Å². The fourth-order valence-corrected chi connectivity index (χ4v) is 4.57. The van der Waals surface area contributed by atoms with E-state index in [-0.39, 0.29) is 5.41 Å². The molecule has 5 heteroatoms. The predicted octanol–water partition coefficient (Wildman–Crippen LogP) is 5.27. The van der Waals surface area contributed by atoms with E-state index in [4.69, 9.17) is 19.2 Å². The van der Waals surface area contributed by atoms with Gasteiger partial charge in [-0.15, -0.1) is 0 Å². The zero-order valence-electron chi connectivity index (χ0n) is 19.0. The van der Waals surface area contributed by atoms with Crippen LogP contribution in [-0.2, 0) is 5.41 Å². The van der Waals surface area contributed by atoms with E-state index in [2.05, 4.69) is 36.6 Å². The van der Waals surface area contributed by atoms with Crippen LogP contribution in [-0.4, -0.2) is 43.6 Å². The summed E-state index contributed by atoms with van der Waals surface area (Å²) in [5, 5.41) is 0. The molecule has 4 aliphatic rings. The lowest BCUT2D eigenvalue weighted by atomic mass is 9.75. The molecule has 0 amide bonds. The first-order valence-corrected chi connectivity index (χ1v) is 11.2. The van der Waals surface area contributed by atoms with E-state index in [0.29, 0.717) is 19.8 Å². The third-order valence-corrected chi connectivity index (χ3v) is 5.58. The summed E-state index contributed by atoms with van der Waals surface area (Å²) in [6, 6.07) is 4.06. The van der Waals surface area contributed by atoms with Crippen LogP contribution in [0.2, 0.25) is 0 Å². The minimum Gasteiger partial charge on any atom is -0.491 e. The average Bonchev–Trinajstić information content (AvgIpc) is 3.32. The smallest absolute Gasteiger partial charge is 0.165 e. The zero-order chi connectivity index (χ0) is 21.7. The van der Waals surface area contributed by atoms with Gasteiger partial charge in [-0.2, -0.15) is 0 Å². The van der Waals surface area contributed by atoms with Crippen LogP contribution < -0.4 is 14.2 Å². The number of amidine groups is 1. The average molecular weight is 411 g/mol. The Morgan fingerprint density at radius 1 is 1.03 bits per heavy atom. The van der Waals surface area contributed by atoms with Crippen LogP contribution in [0.1, 0.15) is 46.6 Å². The highest BCUT2D eigenvalue weighted by Crippen LogP contribution is 2.55. The molecule has 1 aromatic rings. The van der Waals surface area contributed by atoms with Gasteiger partial charge in [0.05, 0.1) is 0 Å². The maximum Gasteiger partial charge on any atom is 0.165 e. The summed E-state index contributed by atoms with van der Waals surface area (Å²) in [5.74, 6) is 3.50. The summed E-state index contributed by atoms with van der Waals surface area (Å²) in [5.41, 5.74) is 3.14. The molecule has 0 radical (unpaired) electrons. The molecule has 1 fully saturated rings. The largest absolute Gasteiger partial charge is 0.491 e. The van der Waals surface area contributed by atoms with Gasteiger partial charge < -0.3 is 19.1 Å². The summed E-state index contributed by atoms with van der Waals surface area (Å²) < 4.78 is 17.8. The first kappa shape index (κ1) is 22.0. The first-order chi connectivity index (χ1) is 14.8.